The van der Waals surface area contributed by atoms with E-state index < -0.39 is 5.41 Å². The first-order valence-corrected chi connectivity index (χ1v) is 6.68. The van der Waals surface area contributed by atoms with Gasteiger partial charge in [0, 0.05) is 26.0 Å². The minimum atomic E-state index is -0.485. The number of pyridine rings is 1. The van der Waals surface area contributed by atoms with Crippen molar-refractivity contribution in [3.05, 3.63) is 30.1 Å². The van der Waals surface area contributed by atoms with Gasteiger partial charge in [-0.1, -0.05) is 6.07 Å². The summed E-state index contributed by atoms with van der Waals surface area (Å²) in [4.78, 5) is 16.7. The lowest BCUT2D eigenvalue weighted by molar-refractivity contribution is -0.136. The van der Waals surface area contributed by atoms with E-state index in [1.54, 1.807) is 6.20 Å². The van der Waals surface area contributed by atoms with E-state index in [1.807, 2.05) is 25.1 Å². The van der Waals surface area contributed by atoms with Gasteiger partial charge in [0.1, 0.15) is 0 Å². The van der Waals surface area contributed by atoms with Crippen molar-refractivity contribution in [1.82, 2.24) is 10.3 Å². The van der Waals surface area contributed by atoms with Crippen LogP contribution in [0.2, 0.25) is 0 Å². The van der Waals surface area contributed by atoms with E-state index in [2.05, 4.69) is 10.3 Å². The average Bonchev–Trinajstić information content (AvgIpc) is 2.48. The third-order valence-corrected chi connectivity index (χ3v) is 3.80. The molecule has 1 aromatic rings. The summed E-state index contributed by atoms with van der Waals surface area (Å²) in [6.07, 6.45) is 3.10. The van der Waals surface area contributed by atoms with Crippen LogP contribution in [0.25, 0.3) is 0 Å². The average molecular weight is 336 g/mol. The van der Waals surface area contributed by atoms with Gasteiger partial charge in [0.2, 0.25) is 5.91 Å². The highest BCUT2D eigenvalue weighted by molar-refractivity contribution is 5.85. The lowest BCUT2D eigenvalue weighted by Gasteiger charge is -2.35. The van der Waals surface area contributed by atoms with Crippen LogP contribution in [-0.4, -0.2) is 30.6 Å². The Labute approximate surface area is 137 Å². The molecule has 3 N–H and O–H groups in total. The number of nitrogens with one attached hydrogen (secondary N) is 1. The summed E-state index contributed by atoms with van der Waals surface area (Å²) in [6.45, 7) is 3.49. The van der Waals surface area contributed by atoms with E-state index in [-0.39, 0.29) is 36.8 Å². The minimum Gasteiger partial charge on any atom is -0.381 e. The van der Waals surface area contributed by atoms with E-state index in [1.165, 1.54) is 0 Å². The van der Waals surface area contributed by atoms with Gasteiger partial charge in [-0.2, -0.15) is 0 Å². The van der Waals surface area contributed by atoms with Crippen LogP contribution in [0.4, 0.5) is 0 Å². The number of hydrogen-bond donors (Lipinski definition) is 2. The van der Waals surface area contributed by atoms with Crippen molar-refractivity contribution in [2.24, 2.45) is 11.1 Å². The summed E-state index contributed by atoms with van der Waals surface area (Å²) in [5, 5.41) is 3.02. The number of carbonyl (C=O) groups excluding carboxylic acids is 1. The van der Waals surface area contributed by atoms with Crippen LogP contribution in [0.5, 0.6) is 0 Å². The Morgan fingerprint density at radius 1 is 1.43 bits per heavy atom. The predicted molar refractivity (Wildman–Crippen MR) is 86.8 cm³/mol. The maximum absolute atomic E-state index is 12.5. The van der Waals surface area contributed by atoms with Crippen molar-refractivity contribution in [1.29, 1.82) is 0 Å². The Hall–Kier alpha value is -0.880. The highest BCUT2D eigenvalue weighted by Crippen LogP contribution is 2.30. The Morgan fingerprint density at radius 3 is 2.62 bits per heavy atom. The van der Waals surface area contributed by atoms with Crippen LogP contribution in [0.15, 0.2) is 24.4 Å². The fourth-order valence-corrected chi connectivity index (χ4v) is 2.34. The smallest absolute Gasteiger partial charge is 0.228 e. The molecule has 1 amide bonds. The number of nitrogens with zero attached hydrogens (tertiary/aromatic N) is 1. The monoisotopic (exact) mass is 335 g/mol. The molecule has 0 bridgehead atoms. The summed E-state index contributed by atoms with van der Waals surface area (Å²) < 4.78 is 5.32. The minimum absolute atomic E-state index is 0. The molecule has 1 saturated heterocycles. The van der Waals surface area contributed by atoms with Crippen LogP contribution in [-0.2, 0) is 9.53 Å². The second-order valence-corrected chi connectivity index (χ2v) is 5.05. The summed E-state index contributed by atoms with van der Waals surface area (Å²) in [5.41, 5.74) is 6.19. The Bertz CT molecular complexity index is 425. The third kappa shape index (κ3) is 4.81. The van der Waals surface area contributed by atoms with Gasteiger partial charge < -0.3 is 15.8 Å². The highest BCUT2D eigenvalue weighted by Gasteiger charge is 2.39. The first kappa shape index (κ1) is 20.1. The lowest BCUT2D eigenvalue weighted by Crippen LogP contribution is -2.49. The van der Waals surface area contributed by atoms with Crippen LogP contribution in [0.1, 0.15) is 31.5 Å². The normalized spacial score (nSPS) is 17.8. The van der Waals surface area contributed by atoms with Crippen molar-refractivity contribution in [2.45, 2.75) is 25.8 Å². The molecule has 5 nitrogen and oxygen atoms in total. The molecule has 0 radical (unpaired) electrons. The van der Waals surface area contributed by atoms with E-state index in [0.717, 1.165) is 5.69 Å². The summed E-state index contributed by atoms with van der Waals surface area (Å²) in [7, 11) is 0. The van der Waals surface area contributed by atoms with Crippen molar-refractivity contribution in [3.63, 3.8) is 0 Å². The van der Waals surface area contributed by atoms with Crippen LogP contribution in [0.3, 0.4) is 0 Å². The zero-order chi connectivity index (χ0) is 13.7. The summed E-state index contributed by atoms with van der Waals surface area (Å²) in [5.74, 6) is 0.0106. The molecule has 0 spiro atoms. The van der Waals surface area contributed by atoms with Gasteiger partial charge in [-0.15, -0.1) is 24.8 Å². The first-order chi connectivity index (χ1) is 9.18. The largest absolute Gasteiger partial charge is 0.381 e. The van der Waals surface area contributed by atoms with Gasteiger partial charge in [-0.25, -0.2) is 0 Å². The molecule has 1 unspecified atom stereocenters. The van der Waals surface area contributed by atoms with E-state index in [0.29, 0.717) is 32.6 Å². The molecule has 21 heavy (non-hydrogen) atoms. The van der Waals surface area contributed by atoms with E-state index in [4.69, 9.17) is 10.5 Å². The predicted octanol–water partition coefficient (Wildman–Crippen LogP) is 1.86. The van der Waals surface area contributed by atoms with Gasteiger partial charge in [0.15, 0.2) is 0 Å². The number of amides is 1. The number of hydrogen-bond acceptors (Lipinski definition) is 4. The van der Waals surface area contributed by atoms with Crippen LogP contribution < -0.4 is 11.1 Å². The number of rotatable bonds is 4. The topological polar surface area (TPSA) is 77.2 Å². The fourth-order valence-electron chi connectivity index (χ4n) is 2.34. The molecular formula is C14H23Cl2N3O2. The molecule has 2 heterocycles. The zero-order valence-electron chi connectivity index (χ0n) is 12.1. The van der Waals surface area contributed by atoms with Crippen LogP contribution in [0, 0.1) is 5.41 Å². The third-order valence-electron chi connectivity index (χ3n) is 3.80. The quantitative estimate of drug-likeness (QED) is 0.880. The number of ether oxygens (including phenoxy) is 1. The number of halogens is 2. The molecule has 2 rings (SSSR count). The van der Waals surface area contributed by atoms with Gasteiger partial charge in [0.25, 0.3) is 0 Å². The van der Waals surface area contributed by atoms with Crippen LogP contribution >= 0.6 is 24.8 Å². The standard InChI is InChI=1S/C14H21N3O2.2ClH/c1-11(12-4-2-3-7-16-12)17-13(18)14(10-15)5-8-19-9-6-14;;/h2-4,7,11H,5-6,8-10,15H2,1H3,(H,17,18);2*1H. The molecule has 1 atom stereocenters. The van der Waals surface area contributed by atoms with Crippen molar-refractivity contribution >= 4 is 30.7 Å². The number of carbonyl (C=O) groups is 1. The van der Waals surface area contributed by atoms with E-state index in [9.17, 15) is 4.79 Å². The molecule has 0 aliphatic carbocycles. The number of aromatic nitrogens is 1. The molecule has 1 aliphatic heterocycles. The fraction of sp³-hybridized carbons (Fsp3) is 0.571. The molecule has 0 saturated carbocycles. The second-order valence-electron chi connectivity index (χ2n) is 5.05. The maximum atomic E-state index is 12.5. The Kier molecular flexibility index (Phi) is 8.82. The van der Waals surface area contributed by atoms with Gasteiger partial charge >= 0.3 is 0 Å². The van der Waals surface area contributed by atoms with Gasteiger partial charge in [0.05, 0.1) is 17.2 Å². The number of nitrogens with two attached hydrogens (primary N) is 1. The highest BCUT2D eigenvalue weighted by atomic mass is 35.5. The van der Waals surface area contributed by atoms with E-state index >= 15 is 0 Å². The molecule has 1 fully saturated rings. The van der Waals surface area contributed by atoms with Crippen molar-refractivity contribution < 1.29 is 9.53 Å². The van der Waals surface area contributed by atoms with Gasteiger partial charge in [-0.3, -0.25) is 9.78 Å². The second kappa shape index (κ2) is 9.20. The molecule has 120 valence electrons. The van der Waals surface area contributed by atoms with Crippen molar-refractivity contribution in [2.75, 3.05) is 19.8 Å². The van der Waals surface area contributed by atoms with Crippen molar-refractivity contribution in [3.8, 4) is 0 Å². The maximum Gasteiger partial charge on any atom is 0.228 e. The zero-order valence-corrected chi connectivity index (χ0v) is 13.7. The Balaban J connectivity index is 0.00000200. The molecular weight excluding hydrogens is 313 g/mol. The van der Waals surface area contributed by atoms with Gasteiger partial charge in [-0.05, 0) is 31.9 Å². The summed E-state index contributed by atoms with van der Waals surface area (Å²) in [6, 6.07) is 5.57. The molecule has 0 aromatic carbocycles. The molecule has 7 heteroatoms. The first-order valence-electron chi connectivity index (χ1n) is 6.68. The SMILES string of the molecule is CC(NC(=O)C1(CN)CCOCC1)c1ccccn1.Cl.Cl. The molecule has 1 aliphatic rings. The summed E-state index contributed by atoms with van der Waals surface area (Å²) >= 11 is 0. The Morgan fingerprint density at radius 2 is 2.10 bits per heavy atom. The lowest BCUT2D eigenvalue weighted by atomic mass is 9.79. The molecule has 1 aromatic heterocycles.